The summed E-state index contributed by atoms with van der Waals surface area (Å²) in [6, 6.07) is 8.59. The van der Waals surface area contributed by atoms with Gasteiger partial charge in [0.1, 0.15) is 5.75 Å². The molecule has 2 nitrogen and oxygen atoms in total. The molecule has 1 aromatic rings. The molecule has 0 heterocycles. The number of nitrogens with two attached hydrogens (primary N) is 1. The third-order valence-electron chi connectivity index (χ3n) is 3.76. The lowest BCUT2D eigenvalue weighted by atomic mass is 9.95. The summed E-state index contributed by atoms with van der Waals surface area (Å²) in [7, 11) is 0. The van der Waals surface area contributed by atoms with Crippen LogP contribution in [0, 0.1) is 5.92 Å². The van der Waals surface area contributed by atoms with Crippen LogP contribution in [0.2, 0.25) is 0 Å². The number of rotatable bonds is 5. The summed E-state index contributed by atoms with van der Waals surface area (Å²) in [5.41, 5.74) is 7.08. The van der Waals surface area contributed by atoms with E-state index in [1.54, 1.807) is 0 Å². The Balaban J connectivity index is 2.00. The van der Waals surface area contributed by atoms with E-state index in [0.29, 0.717) is 5.92 Å². The highest BCUT2D eigenvalue weighted by molar-refractivity contribution is 5.31. The number of benzene rings is 1. The highest BCUT2D eigenvalue weighted by Gasteiger charge is 2.25. The predicted octanol–water partition coefficient (Wildman–Crippen LogP) is 3.32. The molecule has 0 saturated heterocycles. The molecule has 0 bridgehead atoms. The third-order valence-corrected chi connectivity index (χ3v) is 3.76. The molecule has 1 aliphatic carbocycles. The van der Waals surface area contributed by atoms with E-state index in [1.165, 1.54) is 31.2 Å². The maximum absolute atomic E-state index is 5.64. The van der Waals surface area contributed by atoms with E-state index in [-0.39, 0.29) is 0 Å². The van der Waals surface area contributed by atoms with Gasteiger partial charge < -0.3 is 10.5 Å². The Hall–Kier alpha value is -1.02. The average Bonchev–Trinajstić information content (AvgIpc) is 2.79. The molecule has 0 spiro atoms. The molecule has 2 heteroatoms. The molecule has 1 aliphatic rings. The summed E-state index contributed by atoms with van der Waals surface area (Å²) < 4.78 is 5.56. The smallest absolute Gasteiger partial charge is 0.119 e. The van der Waals surface area contributed by atoms with E-state index in [4.69, 9.17) is 10.5 Å². The highest BCUT2D eigenvalue weighted by Crippen LogP contribution is 2.40. The lowest BCUT2D eigenvalue weighted by Gasteiger charge is -2.12. The SMILES string of the molecule is CCOc1cccc(C2CCC(CCN)C2)c1. The molecule has 2 unspecified atom stereocenters. The molecule has 1 fully saturated rings. The quantitative estimate of drug-likeness (QED) is 0.846. The summed E-state index contributed by atoms with van der Waals surface area (Å²) >= 11 is 0. The lowest BCUT2D eigenvalue weighted by Crippen LogP contribution is -2.05. The van der Waals surface area contributed by atoms with Crippen molar-refractivity contribution >= 4 is 0 Å². The van der Waals surface area contributed by atoms with Crippen LogP contribution in [0.4, 0.5) is 0 Å². The summed E-state index contributed by atoms with van der Waals surface area (Å²) in [6.45, 7) is 3.60. The van der Waals surface area contributed by atoms with E-state index in [0.717, 1.165) is 24.8 Å². The molecular weight excluding hydrogens is 210 g/mol. The zero-order valence-electron chi connectivity index (χ0n) is 10.7. The fourth-order valence-electron chi connectivity index (χ4n) is 2.90. The highest BCUT2D eigenvalue weighted by atomic mass is 16.5. The molecule has 0 aliphatic heterocycles. The minimum Gasteiger partial charge on any atom is -0.494 e. The van der Waals surface area contributed by atoms with Gasteiger partial charge in [-0.15, -0.1) is 0 Å². The number of hydrogen-bond donors (Lipinski definition) is 1. The van der Waals surface area contributed by atoms with Crippen molar-refractivity contribution in [3.8, 4) is 5.75 Å². The van der Waals surface area contributed by atoms with Gasteiger partial charge in [-0.1, -0.05) is 12.1 Å². The van der Waals surface area contributed by atoms with Crippen LogP contribution in [0.1, 0.15) is 44.1 Å². The first-order valence-corrected chi connectivity index (χ1v) is 6.76. The lowest BCUT2D eigenvalue weighted by molar-refractivity contribution is 0.339. The minimum absolute atomic E-state index is 0.715. The summed E-state index contributed by atoms with van der Waals surface area (Å²) in [5, 5.41) is 0. The van der Waals surface area contributed by atoms with Crippen molar-refractivity contribution < 1.29 is 4.74 Å². The summed E-state index contributed by atoms with van der Waals surface area (Å²) in [6.07, 6.45) is 5.12. The van der Waals surface area contributed by atoms with Crippen LogP contribution in [-0.4, -0.2) is 13.2 Å². The molecule has 2 N–H and O–H groups in total. The standard InChI is InChI=1S/C15H23NO/c1-2-17-15-5-3-4-13(11-15)14-7-6-12(10-14)8-9-16/h3-5,11-12,14H,2,6-10,16H2,1H3. The van der Waals surface area contributed by atoms with E-state index in [2.05, 4.69) is 18.2 Å². The zero-order chi connectivity index (χ0) is 12.1. The van der Waals surface area contributed by atoms with Crippen molar-refractivity contribution in [1.82, 2.24) is 0 Å². The Labute approximate surface area is 104 Å². The third kappa shape index (κ3) is 3.22. The molecule has 94 valence electrons. The van der Waals surface area contributed by atoms with Gasteiger partial charge in [0.25, 0.3) is 0 Å². The fourth-order valence-corrected chi connectivity index (χ4v) is 2.90. The van der Waals surface area contributed by atoms with Crippen molar-refractivity contribution in [1.29, 1.82) is 0 Å². The monoisotopic (exact) mass is 233 g/mol. The second-order valence-electron chi connectivity index (χ2n) is 4.96. The predicted molar refractivity (Wildman–Crippen MR) is 71.4 cm³/mol. The van der Waals surface area contributed by atoms with Crippen LogP contribution in [0.25, 0.3) is 0 Å². The maximum Gasteiger partial charge on any atom is 0.119 e. The fraction of sp³-hybridized carbons (Fsp3) is 0.600. The first kappa shape index (κ1) is 12.4. The maximum atomic E-state index is 5.64. The topological polar surface area (TPSA) is 35.2 Å². The van der Waals surface area contributed by atoms with Gasteiger partial charge >= 0.3 is 0 Å². The van der Waals surface area contributed by atoms with Crippen molar-refractivity contribution in [2.24, 2.45) is 11.7 Å². The van der Waals surface area contributed by atoms with Crippen LogP contribution < -0.4 is 10.5 Å². The first-order valence-electron chi connectivity index (χ1n) is 6.76. The van der Waals surface area contributed by atoms with Crippen molar-refractivity contribution in [2.75, 3.05) is 13.2 Å². The minimum atomic E-state index is 0.715. The number of hydrogen-bond acceptors (Lipinski definition) is 2. The van der Waals surface area contributed by atoms with E-state index in [1.807, 2.05) is 13.0 Å². The second kappa shape index (κ2) is 6.06. The Kier molecular flexibility index (Phi) is 4.43. The molecule has 1 saturated carbocycles. The molecule has 0 radical (unpaired) electrons. The van der Waals surface area contributed by atoms with Gasteiger partial charge in [0.05, 0.1) is 6.61 Å². The van der Waals surface area contributed by atoms with E-state index < -0.39 is 0 Å². The van der Waals surface area contributed by atoms with Crippen LogP contribution in [-0.2, 0) is 0 Å². The van der Waals surface area contributed by atoms with Gasteiger partial charge in [0, 0.05) is 0 Å². The van der Waals surface area contributed by atoms with Gasteiger partial charge in [-0.05, 0) is 68.7 Å². The molecule has 1 aromatic carbocycles. The van der Waals surface area contributed by atoms with Gasteiger partial charge in [-0.25, -0.2) is 0 Å². The van der Waals surface area contributed by atoms with Crippen molar-refractivity contribution in [3.63, 3.8) is 0 Å². The zero-order valence-corrected chi connectivity index (χ0v) is 10.7. The largest absolute Gasteiger partial charge is 0.494 e. The molecule has 0 aromatic heterocycles. The molecule has 17 heavy (non-hydrogen) atoms. The average molecular weight is 233 g/mol. The Morgan fingerprint density at radius 1 is 1.35 bits per heavy atom. The molecule has 0 amide bonds. The van der Waals surface area contributed by atoms with Crippen molar-refractivity contribution in [3.05, 3.63) is 29.8 Å². The van der Waals surface area contributed by atoms with Crippen LogP contribution >= 0.6 is 0 Å². The molecule has 2 atom stereocenters. The Morgan fingerprint density at radius 2 is 2.24 bits per heavy atom. The van der Waals surface area contributed by atoms with Gasteiger partial charge in [-0.3, -0.25) is 0 Å². The Morgan fingerprint density at radius 3 is 3.00 bits per heavy atom. The summed E-state index contributed by atoms with van der Waals surface area (Å²) in [5.74, 6) is 2.56. The molecule has 2 rings (SSSR count). The molecular formula is C15H23NO. The summed E-state index contributed by atoms with van der Waals surface area (Å²) in [4.78, 5) is 0. The Bertz CT molecular complexity index is 351. The van der Waals surface area contributed by atoms with Crippen molar-refractivity contribution in [2.45, 2.75) is 38.5 Å². The first-order chi connectivity index (χ1) is 8.33. The van der Waals surface area contributed by atoms with Gasteiger partial charge in [0.15, 0.2) is 0 Å². The second-order valence-corrected chi connectivity index (χ2v) is 4.96. The van der Waals surface area contributed by atoms with Crippen LogP contribution in [0.5, 0.6) is 5.75 Å². The normalized spacial score (nSPS) is 23.9. The van der Waals surface area contributed by atoms with Crippen LogP contribution in [0.3, 0.4) is 0 Å². The van der Waals surface area contributed by atoms with Crippen LogP contribution in [0.15, 0.2) is 24.3 Å². The van der Waals surface area contributed by atoms with Gasteiger partial charge in [0.2, 0.25) is 0 Å². The van der Waals surface area contributed by atoms with E-state index >= 15 is 0 Å². The van der Waals surface area contributed by atoms with Gasteiger partial charge in [-0.2, -0.15) is 0 Å². The number of ether oxygens (including phenoxy) is 1. The van der Waals surface area contributed by atoms with E-state index in [9.17, 15) is 0 Å².